The molecule has 4 rings (SSSR count). The summed E-state index contributed by atoms with van der Waals surface area (Å²) in [6.45, 7) is 4.62. The van der Waals surface area contributed by atoms with Gasteiger partial charge in [-0.1, -0.05) is 11.3 Å². The van der Waals surface area contributed by atoms with Crippen molar-refractivity contribution >= 4 is 16.9 Å². The minimum absolute atomic E-state index is 0.140. The number of nitrogens with zero attached hydrogens (tertiary/aromatic N) is 4. The minimum atomic E-state index is -0.334. The lowest BCUT2D eigenvalue weighted by Gasteiger charge is -2.30. The molecule has 2 aliphatic rings. The lowest BCUT2D eigenvalue weighted by Crippen LogP contribution is -2.42. The van der Waals surface area contributed by atoms with Gasteiger partial charge in [0, 0.05) is 33.2 Å². The second-order valence-corrected chi connectivity index (χ2v) is 8.34. The number of amides is 1. The number of carbonyl (C=O) groups excluding carboxylic acids is 1. The van der Waals surface area contributed by atoms with Gasteiger partial charge in [0.05, 0.1) is 12.1 Å². The molecule has 0 spiro atoms. The normalized spacial score (nSPS) is 20.7. The van der Waals surface area contributed by atoms with E-state index in [4.69, 9.17) is 9.57 Å². The number of ether oxygens (including phenoxy) is 1. The Bertz CT molecular complexity index is 829. The number of aryl methyl sites for hydroxylation is 1. The molecule has 3 heterocycles. The molecule has 2 N–H and O–H groups in total. The second-order valence-electron chi connectivity index (χ2n) is 8.34. The monoisotopic (exact) mass is 416 g/mol. The number of carbonyl (C=O) groups is 1. The van der Waals surface area contributed by atoms with Gasteiger partial charge < -0.3 is 10.1 Å². The van der Waals surface area contributed by atoms with Gasteiger partial charge in [0.1, 0.15) is 5.52 Å². The summed E-state index contributed by atoms with van der Waals surface area (Å²) >= 11 is 0. The molecule has 0 aliphatic carbocycles. The van der Waals surface area contributed by atoms with Crippen LogP contribution in [-0.2, 0) is 28.0 Å². The van der Waals surface area contributed by atoms with E-state index in [1.807, 2.05) is 13.1 Å². The largest absolute Gasteiger partial charge is 0.350 e. The average Bonchev–Trinajstić information content (AvgIpc) is 3.14. The molecule has 0 radical (unpaired) electrons. The summed E-state index contributed by atoms with van der Waals surface area (Å²) in [6.07, 6.45) is 4.86. The van der Waals surface area contributed by atoms with E-state index in [-0.39, 0.29) is 18.7 Å². The molecule has 30 heavy (non-hydrogen) atoms. The van der Waals surface area contributed by atoms with E-state index in [2.05, 4.69) is 38.1 Å². The summed E-state index contributed by atoms with van der Waals surface area (Å²) in [5.74, 6) is 0.445. The van der Waals surface area contributed by atoms with E-state index < -0.39 is 0 Å². The van der Waals surface area contributed by atoms with Gasteiger partial charge in [0.15, 0.2) is 6.29 Å². The molecule has 1 atom stereocenters. The van der Waals surface area contributed by atoms with Crippen LogP contribution in [-0.4, -0.2) is 64.9 Å². The van der Waals surface area contributed by atoms with E-state index in [1.54, 1.807) is 4.68 Å². The summed E-state index contributed by atoms with van der Waals surface area (Å²) in [7, 11) is 1.89. The number of rotatable bonds is 8. The molecule has 0 bridgehead atoms. The topological polar surface area (TPSA) is 93.5 Å². The first kappa shape index (κ1) is 21.2. The summed E-state index contributed by atoms with van der Waals surface area (Å²) in [5, 5.41) is 11.7. The maximum atomic E-state index is 12.6. The first-order valence-electron chi connectivity index (χ1n) is 10.9. The van der Waals surface area contributed by atoms with E-state index in [0.717, 1.165) is 68.3 Å². The molecule has 2 aliphatic heterocycles. The van der Waals surface area contributed by atoms with Gasteiger partial charge >= 0.3 is 0 Å². The van der Waals surface area contributed by atoms with Crippen LogP contribution in [0.2, 0.25) is 0 Å². The molecule has 0 saturated carbocycles. The highest BCUT2D eigenvalue weighted by molar-refractivity contribution is 5.77. The van der Waals surface area contributed by atoms with Crippen LogP contribution >= 0.6 is 0 Å². The van der Waals surface area contributed by atoms with Crippen LogP contribution in [0.1, 0.15) is 37.7 Å². The Morgan fingerprint density at radius 2 is 2.20 bits per heavy atom. The van der Waals surface area contributed by atoms with Gasteiger partial charge in [-0.05, 0) is 62.4 Å². The highest BCUT2D eigenvalue weighted by Crippen LogP contribution is 2.18. The third-order valence-corrected chi connectivity index (χ3v) is 5.87. The van der Waals surface area contributed by atoms with Crippen LogP contribution in [0.5, 0.6) is 0 Å². The highest BCUT2D eigenvalue weighted by atomic mass is 16.8. The lowest BCUT2D eigenvalue weighted by atomic mass is 9.97. The quantitative estimate of drug-likeness (QED) is 0.627. The van der Waals surface area contributed by atoms with Crippen molar-refractivity contribution in [3.63, 3.8) is 0 Å². The molecular formula is C21H32N6O3. The molecule has 164 valence electrons. The summed E-state index contributed by atoms with van der Waals surface area (Å²) in [5.41, 5.74) is 5.60. The SMILES string of the molecule is Cn1nnc2cc(CN(CC(=O)NOC3CCCCO3)CC3CCNCC3)ccc21. The Morgan fingerprint density at radius 3 is 3.00 bits per heavy atom. The fraction of sp³-hybridized carbons (Fsp3) is 0.667. The van der Waals surface area contributed by atoms with Crippen molar-refractivity contribution in [3.8, 4) is 0 Å². The number of nitrogens with one attached hydrogen (secondary N) is 2. The molecule has 1 aromatic carbocycles. The number of hydroxylamine groups is 1. The molecule has 2 saturated heterocycles. The fourth-order valence-corrected chi connectivity index (χ4v) is 4.23. The maximum Gasteiger partial charge on any atom is 0.257 e. The van der Waals surface area contributed by atoms with E-state index in [9.17, 15) is 4.79 Å². The predicted octanol–water partition coefficient (Wildman–Crippen LogP) is 1.34. The van der Waals surface area contributed by atoms with E-state index in [0.29, 0.717) is 19.1 Å². The highest BCUT2D eigenvalue weighted by Gasteiger charge is 2.21. The zero-order valence-corrected chi connectivity index (χ0v) is 17.7. The molecule has 1 aromatic heterocycles. The molecule has 1 unspecified atom stereocenters. The Labute approximate surface area is 177 Å². The first-order chi connectivity index (χ1) is 14.7. The Hall–Kier alpha value is -2.07. The van der Waals surface area contributed by atoms with Gasteiger partial charge in [0.2, 0.25) is 0 Å². The number of hydrogen-bond acceptors (Lipinski definition) is 7. The van der Waals surface area contributed by atoms with Gasteiger partial charge in [-0.15, -0.1) is 5.10 Å². The van der Waals surface area contributed by atoms with Crippen LogP contribution < -0.4 is 10.8 Å². The number of benzene rings is 1. The van der Waals surface area contributed by atoms with Crippen LogP contribution in [0.15, 0.2) is 18.2 Å². The third kappa shape index (κ3) is 5.75. The van der Waals surface area contributed by atoms with E-state index in [1.165, 1.54) is 0 Å². The number of hydrogen-bond donors (Lipinski definition) is 2. The zero-order chi connectivity index (χ0) is 20.8. The molecule has 9 nitrogen and oxygen atoms in total. The van der Waals surface area contributed by atoms with E-state index >= 15 is 0 Å². The molecule has 9 heteroatoms. The average molecular weight is 417 g/mol. The predicted molar refractivity (Wildman–Crippen MR) is 112 cm³/mol. The Balaban J connectivity index is 1.37. The van der Waals surface area contributed by atoms with Crippen LogP contribution in [0.25, 0.3) is 11.0 Å². The number of aromatic nitrogens is 3. The Kier molecular flexibility index (Phi) is 7.27. The minimum Gasteiger partial charge on any atom is -0.350 e. The Morgan fingerprint density at radius 1 is 1.33 bits per heavy atom. The standard InChI is InChI=1S/C21H32N6O3/c1-26-19-6-5-17(12-18(19)23-25-26)14-27(13-16-7-9-22-10-8-16)15-20(28)24-30-21-4-2-3-11-29-21/h5-6,12,16,21-22H,2-4,7-11,13-15H2,1H3,(H,24,28). The summed E-state index contributed by atoms with van der Waals surface area (Å²) < 4.78 is 7.29. The summed E-state index contributed by atoms with van der Waals surface area (Å²) in [4.78, 5) is 20.2. The van der Waals surface area contributed by atoms with Crippen molar-refractivity contribution in [1.29, 1.82) is 0 Å². The van der Waals surface area contributed by atoms with Crippen molar-refractivity contribution in [2.24, 2.45) is 13.0 Å². The number of piperidine rings is 1. The molecule has 2 aromatic rings. The number of fused-ring (bicyclic) bond motifs is 1. The zero-order valence-electron chi connectivity index (χ0n) is 17.7. The summed E-state index contributed by atoms with van der Waals surface area (Å²) in [6, 6.07) is 6.18. The van der Waals surface area contributed by atoms with Crippen molar-refractivity contribution in [2.45, 2.75) is 44.9 Å². The van der Waals surface area contributed by atoms with Crippen molar-refractivity contribution in [3.05, 3.63) is 23.8 Å². The first-order valence-corrected chi connectivity index (χ1v) is 10.9. The van der Waals surface area contributed by atoms with Gasteiger partial charge in [0.25, 0.3) is 5.91 Å². The second kappa shape index (κ2) is 10.3. The molecular weight excluding hydrogens is 384 g/mol. The molecule has 1 amide bonds. The van der Waals surface area contributed by atoms with Crippen molar-refractivity contribution < 1.29 is 14.4 Å². The van der Waals surface area contributed by atoms with Gasteiger partial charge in [-0.3, -0.25) is 9.69 Å². The smallest absolute Gasteiger partial charge is 0.257 e. The van der Waals surface area contributed by atoms with Crippen LogP contribution in [0.4, 0.5) is 0 Å². The van der Waals surface area contributed by atoms with Crippen molar-refractivity contribution in [2.75, 3.05) is 32.8 Å². The maximum absolute atomic E-state index is 12.6. The van der Waals surface area contributed by atoms with Gasteiger partial charge in [-0.25, -0.2) is 15.0 Å². The van der Waals surface area contributed by atoms with Crippen LogP contribution in [0.3, 0.4) is 0 Å². The van der Waals surface area contributed by atoms with Gasteiger partial charge in [-0.2, -0.15) is 0 Å². The van der Waals surface area contributed by atoms with Crippen molar-refractivity contribution in [1.82, 2.24) is 30.7 Å². The fourth-order valence-electron chi connectivity index (χ4n) is 4.23. The molecule has 2 fully saturated rings. The lowest BCUT2D eigenvalue weighted by molar-refractivity contribution is -0.200. The van der Waals surface area contributed by atoms with Crippen LogP contribution in [0, 0.1) is 5.92 Å². The third-order valence-electron chi connectivity index (χ3n) is 5.87.